The summed E-state index contributed by atoms with van der Waals surface area (Å²) < 4.78 is 50.0. The van der Waals surface area contributed by atoms with Crippen LogP contribution in [0.2, 0.25) is 5.02 Å². The van der Waals surface area contributed by atoms with Crippen LogP contribution in [0.1, 0.15) is 48.7 Å². The number of ether oxygens (including phenoxy) is 2. The van der Waals surface area contributed by atoms with Gasteiger partial charge in [-0.25, -0.2) is 9.48 Å². The first-order valence-corrected chi connectivity index (χ1v) is 10.5. The van der Waals surface area contributed by atoms with E-state index in [0.29, 0.717) is 23.4 Å². The molecule has 1 heterocycles. The van der Waals surface area contributed by atoms with Gasteiger partial charge in [0.15, 0.2) is 6.23 Å². The Bertz CT molecular complexity index is 911. The van der Waals surface area contributed by atoms with E-state index in [9.17, 15) is 18.0 Å². The van der Waals surface area contributed by atoms with E-state index in [-0.39, 0.29) is 12.3 Å². The predicted octanol–water partition coefficient (Wildman–Crippen LogP) is 4.94. The van der Waals surface area contributed by atoms with E-state index >= 15 is 0 Å². The molecule has 1 aliphatic carbocycles. The van der Waals surface area contributed by atoms with Crippen molar-refractivity contribution in [3.63, 3.8) is 0 Å². The Morgan fingerprint density at radius 2 is 2.03 bits per heavy atom. The molecule has 6 nitrogen and oxygen atoms in total. The normalized spacial score (nSPS) is 15.8. The second-order valence-electron chi connectivity index (χ2n) is 7.70. The van der Waals surface area contributed by atoms with Gasteiger partial charge in [0.2, 0.25) is 5.88 Å². The molecule has 1 aliphatic rings. The summed E-state index contributed by atoms with van der Waals surface area (Å²) in [7, 11) is 1.39. The molecule has 1 N–H and O–H groups in total. The van der Waals surface area contributed by atoms with Crippen LogP contribution in [0.3, 0.4) is 0 Å². The standard InChI is InChI=1S/C21H25ClF3N3O3/c1-13-7-8-16(22)15(9-13)12-30-18-10-17(19(26-2)31-20(29)21(23,24)25)27-28(18)11-14-5-3-4-6-14/h7-10,14,19,26H,3-6,11-12H2,1-2H3. The summed E-state index contributed by atoms with van der Waals surface area (Å²) in [4.78, 5) is 11.3. The molecule has 1 saturated carbocycles. The number of hydrogen-bond donors (Lipinski definition) is 1. The number of carbonyl (C=O) groups excluding carboxylic acids is 1. The zero-order valence-electron chi connectivity index (χ0n) is 17.3. The van der Waals surface area contributed by atoms with Gasteiger partial charge in [-0.1, -0.05) is 42.1 Å². The molecule has 3 rings (SSSR count). The summed E-state index contributed by atoms with van der Waals surface area (Å²) in [5.74, 6) is -1.50. The SMILES string of the molecule is CNC(OC(=O)C(F)(F)F)c1cc(OCc2cc(C)ccc2Cl)n(CC2CCCC2)n1. The van der Waals surface area contributed by atoms with E-state index in [1.54, 1.807) is 10.7 Å². The van der Waals surface area contributed by atoms with Crippen molar-refractivity contribution in [1.29, 1.82) is 0 Å². The van der Waals surface area contributed by atoms with Crippen LogP contribution in [0.25, 0.3) is 0 Å². The van der Waals surface area contributed by atoms with Gasteiger partial charge < -0.3 is 9.47 Å². The van der Waals surface area contributed by atoms with Crippen LogP contribution in [0.5, 0.6) is 5.88 Å². The van der Waals surface area contributed by atoms with Crippen molar-refractivity contribution in [2.24, 2.45) is 5.92 Å². The third kappa shape index (κ3) is 6.13. The largest absolute Gasteiger partial charge is 0.490 e. The maximum atomic E-state index is 12.6. The highest BCUT2D eigenvalue weighted by Crippen LogP contribution is 2.30. The van der Waals surface area contributed by atoms with Crippen LogP contribution < -0.4 is 10.1 Å². The summed E-state index contributed by atoms with van der Waals surface area (Å²) in [5, 5.41) is 7.49. The highest BCUT2D eigenvalue weighted by atomic mass is 35.5. The van der Waals surface area contributed by atoms with E-state index in [2.05, 4.69) is 15.2 Å². The number of aromatic nitrogens is 2. The van der Waals surface area contributed by atoms with Gasteiger partial charge in [-0.05, 0) is 38.8 Å². The van der Waals surface area contributed by atoms with Crippen molar-refractivity contribution in [2.45, 2.75) is 58.2 Å². The zero-order valence-corrected chi connectivity index (χ0v) is 18.1. The van der Waals surface area contributed by atoms with Crippen molar-refractivity contribution in [2.75, 3.05) is 7.05 Å². The molecule has 1 atom stereocenters. The molecule has 31 heavy (non-hydrogen) atoms. The molecular formula is C21H25ClF3N3O3. The molecule has 0 spiro atoms. The Balaban J connectivity index is 1.82. The molecule has 2 aromatic rings. The summed E-state index contributed by atoms with van der Waals surface area (Å²) in [6.07, 6.45) is -2.08. The van der Waals surface area contributed by atoms with E-state index < -0.39 is 18.4 Å². The van der Waals surface area contributed by atoms with Crippen molar-refractivity contribution in [3.05, 3.63) is 46.1 Å². The van der Waals surface area contributed by atoms with Crippen LogP contribution >= 0.6 is 11.6 Å². The number of benzene rings is 1. The monoisotopic (exact) mass is 459 g/mol. The van der Waals surface area contributed by atoms with Crippen LogP contribution in [0.4, 0.5) is 13.2 Å². The average Bonchev–Trinajstić information content (AvgIpc) is 3.36. The number of nitrogens with one attached hydrogen (secondary N) is 1. The van der Waals surface area contributed by atoms with Gasteiger partial charge in [-0.3, -0.25) is 5.32 Å². The van der Waals surface area contributed by atoms with Gasteiger partial charge in [0.1, 0.15) is 12.3 Å². The lowest BCUT2D eigenvalue weighted by Crippen LogP contribution is -2.31. The first-order valence-electron chi connectivity index (χ1n) is 10.1. The maximum Gasteiger partial charge on any atom is 0.490 e. The van der Waals surface area contributed by atoms with Gasteiger partial charge in [0.05, 0.1) is 0 Å². The minimum atomic E-state index is -5.09. The summed E-state index contributed by atoms with van der Waals surface area (Å²) >= 11 is 6.24. The Kier molecular flexibility index (Phi) is 7.48. The van der Waals surface area contributed by atoms with E-state index in [1.807, 2.05) is 19.1 Å². The van der Waals surface area contributed by atoms with E-state index in [4.69, 9.17) is 16.3 Å². The second-order valence-corrected chi connectivity index (χ2v) is 8.10. The number of rotatable bonds is 8. The molecule has 0 radical (unpaired) electrons. The summed E-state index contributed by atoms with van der Waals surface area (Å²) in [5.41, 5.74) is 1.94. The minimum Gasteiger partial charge on any atom is -0.473 e. The van der Waals surface area contributed by atoms with Gasteiger partial charge in [0.25, 0.3) is 0 Å². The van der Waals surface area contributed by atoms with Crippen LogP contribution in [-0.4, -0.2) is 29.0 Å². The smallest absolute Gasteiger partial charge is 0.473 e. The van der Waals surface area contributed by atoms with Crippen molar-refractivity contribution < 1.29 is 27.4 Å². The van der Waals surface area contributed by atoms with Crippen molar-refractivity contribution >= 4 is 17.6 Å². The number of aryl methyl sites for hydroxylation is 1. The number of carbonyl (C=O) groups is 1. The van der Waals surface area contributed by atoms with Crippen molar-refractivity contribution in [3.8, 4) is 5.88 Å². The summed E-state index contributed by atoms with van der Waals surface area (Å²) in [6, 6.07) is 7.07. The topological polar surface area (TPSA) is 65.4 Å². The predicted molar refractivity (Wildman–Crippen MR) is 109 cm³/mol. The lowest BCUT2D eigenvalue weighted by molar-refractivity contribution is -0.206. The molecule has 1 unspecified atom stereocenters. The van der Waals surface area contributed by atoms with Gasteiger partial charge in [0, 0.05) is 23.2 Å². The molecule has 0 bridgehead atoms. The maximum absolute atomic E-state index is 12.6. The Morgan fingerprint density at radius 1 is 1.32 bits per heavy atom. The van der Waals surface area contributed by atoms with Gasteiger partial charge in [-0.2, -0.15) is 18.3 Å². The third-order valence-corrected chi connectivity index (χ3v) is 5.60. The molecule has 0 saturated heterocycles. The molecule has 1 aromatic heterocycles. The molecule has 1 aromatic carbocycles. The minimum absolute atomic E-state index is 0.128. The number of hydrogen-bond acceptors (Lipinski definition) is 5. The molecule has 0 amide bonds. The van der Waals surface area contributed by atoms with Gasteiger partial charge in [-0.15, -0.1) is 0 Å². The molecule has 0 aliphatic heterocycles. The van der Waals surface area contributed by atoms with Crippen molar-refractivity contribution in [1.82, 2.24) is 15.1 Å². The summed E-state index contributed by atoms with van der Waals surface area (Å²) in [6.45, 7) is 2.68. The molecule has 170 valence electrons. The van der Waals surface area contributed by atoms with Gasteiger partial charge >= 0.3 is 12.1 Å². The lowest BCUT2D eigenvalue weighted by Gasteiger charge is -2.16. The fourth-order valence-corrected chi connectivity index (χ4v) is 3.81. The Morgan fingerprint density at radius 3 is 2.68 bits per heavy atom. The molecular weight excluding hydrogens is 435 g/mol. The first kappa shape index (κ1) is 23.4. The third-order valence-electron chi connectivity index (χ3n) is 5.23. The number of esters is 1. The van der Waals surface area contributed by atoms with Crippen LogP contribution in [-0.2, 0) is 22.7 Å². The average molecular weight is 460 g/mol. The second kappa shape index (κ2) is 9.91. The Labute approximate surface area is 183 Å². The first-order chi connectivity index (χ1) is 14.7. The van der Waals surface area contributed by atoms with Crippen LogP contribution in [0, 0.1) is 12.8 Å². The van der Waals surface area contributed by atoms with E-state index in [0.717, 1.165) is 36.8 Å². The zero-order chi connectivity index (χ0) is 22.6. The Hall–Kier alpha value is -2.26. The fourth-order valence-electron chi connectivity index (χ4n) is 3.64. The number of alkyl halides is 3. The highest BCUT2D eigenvalue weighted by Gasteiger charge is 2.42. The molecule has 1 fully saturated rings. The van der Waals surface area contributed by atoms with E-state index in [1.165, 1.54) is 13.1 Å². The number of nitrogens with zero attached hydrogens (tertiary/aromatic N) is 2. The quantitative estimate of drug-likeness (QED) is 0.447. The number of halogens is 4. The van der Waals surface area contributed by atoms with Crippen LogP contribution in [0.15, 0.2) is 24.3 Å². The fraction of sp³-hybridized carbons (Fsp3) is 0.524. The highest BCUT2D eigenvalue weighted by molar-refractivity contribution is 6.31. The molecule has 10 heteroatoms. The lowest BCUT2D eigenvalue weighted by atomic mass is 10.1.